The summed E-state index contributed by atoms with van der Waals surface area (Å²) in [6.45, 7) is 2.98. The summed E-state index contributed by atoms with van der Waals surface area (Å²) in [6.07, 6.45) is 1.78. The molecular weight excluding hydrogens is 336 g/mol. The van der Waals surface area contributed by atoms with E-state index in [1.165, 1.54) is 0 Å². The molecule has 2 aromatic rings. The average molecular weight is 354 g/mol. The molecule has 0 unspecified atom stereocenters. The van der Waals surface area contributed by atoms with Crippen LogP contribution >= 0.6 is 0 Å². The number of benzene rings is 2. The van der Waals surface area contributed by atoms with Crippen molar-refractivity contribution < 1.29 is 28.5 Å². The standard InChI is InChI=1S/C20H18O6/c1-2-22-17-5-3-4-14-9-15(11-23-19(14)17)20(21)24-10-13-6-7-16-18(8-13)26-12-25-16/h3-9H,2,10-12H2,1H3. The molecule has 6 nitrogen and oxygen atoms in total. The fourth-order valence-corrected chi connectivity index (χ4v) is 2.84. The Labute approximate surface area is 150 Å². The van der Waals surface area contributed by atoms with Crippen LogP contribution in [0.25, 0.3) is 6.08 Å². The predicted octanol–water partition coefficient (Wildman–Crippen LogP) is 3.33. The number of fused-ring (bicyclic) bond motifs is 2. The minimum atomic E-state index is -0.407. The first kappa shape index (κ1) is 16.3. The van der Waals surface area contributed by atoms with E-state index in [0.29, 0.717) is 35.2 Å². The monoisotopic (exact) mass is 354 g/mol. The summed E-state index contributed by atoms with van der Waals surface area (Å²) in [5.74, 6) is 2.28. The number of para-hydroxylation sites is 1. The third kappa shape index (κ3) is 3.18. The highest BCUT2D eigenvalue weighted by Gasteiger charge is 2.21. The molecule has 6 heteroatoms. The quantitative estimate of drug-likeness (QED) is 0.768. The number of hydrogen-bond donors (Lipinski definition) is 0. The van der Waals surface area contributed by atoms with Crippen LogP contribution < -0.4 is 18.9 Å². The lowest BCUT2D eigenvalue weighted by molar-refractivity contribution is -0.140. The molecule has 134 valence electrons. The van der Waals surface area contributed by atoms with Gasteiger partial charge in [0.05, 0.1) is 12.2 Å². The highest BCUT2D eigenvalue weighted by Crippen LogP contribution is 2.36. The maximum Gasteiger partial charge on any atom is 0.337 e. The molecule has 0 spiro atoms. The molecule has 0 saturated heterocycles. The van der Waals surface area contributed by atoms with Crippen LogP contribution in [0.4, 0.5) is 0 Å². The third-order valence-electron chi connectivity index (χ3n) is 4.08. The molecule has 0 fully saturated rings. The number of carbonyl (C=O) groups excluding carboxylic acids is 1. The van der Waals surface area contributed by atoms with Gasteiger partial charge in [0.15, 0.2) is 23.0 Å². The topological polar surface area (TPSA) is 63.2 Å². The van der Waals surface area contributed by atoms with Crippen molar-refractivity contribution in [2.75, 3.05) is 20.0 Å². The molecule has 2 aromatic carbocycles. The molecule has 2 aliphatic heterocycles. The zero-order valence-corrected chi connectivity index (χ0v) is 14.3. The molecule has 26 heavy (non-hydrogen) atoms. The Bertz CT molecular complexity index is 871. The van der Waals surface area contributed by atoms with Crippen LogP contribution in [-0.2, 0) is 16.1 Å². The summed E-state index contributed by atoms with van der Waals surface area (Å²) < 4.78 is 27.3. The van der Waals surface area contributed by atoms with E-state index in [2.05, 4.69) is 0 Å². The van der Waals surface area contributed by atoms with Crippen LogP contribution in [0, 0.1) is 0 Å². The molecule has 0 radical (unpaired) electrons. The lowest BCUT2D eigenvalue weighted by Crippen LogP contribution is -2.17. The van der Waals surface area contributed by atoms with Crippen LogP contribution in [0.2, 0.25) is 0 Å². The van der Waals surface area contributed by atoms with Crippen LogP contribution in [0.3, 0.4) is 0 Å². The normalized spacial score (nSPS) is 14.1. The molecule has 0 bridgehead atoms. The Hall–Kier alpha value is -3.15. The Morgan fingerprint density at radius 1 is 1.12 bits per heavy atom. The van der Waals surface area contributed by atoms with Gasteiger partial charge >= 0.3 is 5.97 Å². The van der Waals surface area contributed by atoms with E-state index in [1.54, 1.807) is 12.1 Å². The lowest BCUT2D eigenvalue weighted by atomic mass is 10.1. The van der Waals surface area contributed by atoms with Gasteiger partial charge in [-0.3, -0.25) is 0 Å². The van der Waals surface area contributed by atoms with Crippen LogP contribution in [0.15, 0.2) is 42.0 Å². The summed E-state index contributed by atoms with van der Waals surface area (Å²) in [7, 11) is 0. The molecule has 0 aliphatic carbocycles. The van der Waals surface area contributed by atoms with Crippen molar-refractivity contribution >= 4 is 12.0 Å². The van der Waals surface area contributed by atoms with Crippen molar-refractivity contribution in [1.29, 1.82) is 0 Å². The second-order valence-corrected chi connectivity index (χ2v) is 5.83. The fraction of sp³-hybridized carbons (Fsp3) is 0.250. The van der Waals surface area contributed by atoms with E-state index in [4.69, 9.17) is 23.7 Å². The Kier molecular flexibility index (Phi) is 4.39. The summed E-state index contributed by atoms with van der Waals surface area (Å²) in [6, 6.07) is 11.0. The van der Waals surface area contributed by atoms with Crippen molar-refractivity contribution in [1.82, 2.24) is 0 Å². The smallest absolute Gasteiger partial charge is 0.337 e. The summed E-state index contributed by atoms with van der Waals surface area (Å²) in [5.41, 5.74) is 2.10. The first-order valence-electron chi connectivity index (χ1n) is 8.39. The van der Waals surface area contributed by atoms with Crippen LogP contribution in [-0.4, -0.2) is 26.0 Å². The van der Waals surface area contributed by atoms with Crippen molar-refractivity contribution in [2.24, 2.45) is 0 Å². The molecule has 0 atom stereocenters. The van der Waals surface area contributed by atoms with E-state index in [9.17, 15) is 4.79 Å². The first-order chi connectivity index (χ1) is 12.7. The number of carbonyl (C=O) groups is 1. The van der Waals surface area contributed by atoms with E-state index in [1.807, 2.05) is 37.3 Å². The molecule has 0 N–H and O–H groups in total. The highest BCUT2D eigenvalue weighted by molar-refractivity contribution is 5.95. The molecule has 0 saturated carbocycles. The highest BCUT2D eigenvalue weighted by atomic mass is 16.7. The van der Waals surface area contributed by atoms with Gasteiger partial charge in [-0.25, -0.2) is 4.79 Å². The lowest BCUT2D eigenvalue weighted by Gasteiger charge is -2.19. The van der Waals surface area contributed by atoms with Gasteiger partial charge in [0.2, 0.25) is 6.79 Å². The fourth-order valence-electron chi connectivity index (χ4n) is 2.84. The number of rotatable bonds is 5. The number of hydrogen-bond acceptors (Lipinski definition) is 6. The Morgan fingerprint density at radius 2 is 2.00 bits per heavy atom. The second-order valence-electron chi connectivity index (χ2n) is 5.83. The maximum atomic E-state index is 12.4. The third-order valence-corrected chi connectivity index (χ3v) is 4.08. The largest absolute Gasteiger partial charge is 0.490 e. The molecular formula is C20H18O6. The van der Waals surface area contributed by atoms with Gasteiger partial charge in [-0.15, -0.1) is 0 Å². The Balaban J connectivity index is 1.45. The van der Waals surface area contributed by atoms with Crippen molar-refractivity contribution in [2.45, 2.75) is 13.5 Å². The number of ether oxygens (including phenoxy) is 5. The molecule has 4 rings (SSSR count). The summed E-state index contributed by atoms with van der Waals surface area (Å²) in [4.78, 5) is 12.4. The summed E-state index contributed by atoms with van der Waals surface area (Å²) >= 11 is 0. The van der Waals surface area contributed by atoms with E-state index >= 15 is 0 Å². The predicted molar refractivity (Wildman–Crippen MR) is 93.4 cm³/mol. The SMILES string of the molecule is CCOc1cccc2c1OCC(C(=O)OCc1ccc3c(c1)OCO3)=C2. The van der Waals surface area contributed by atoms with Crippen LogP contribution in [0.5, 0.6) is 23.0 Å². The van der Waals surface area contributed by atoms with Crippen molar-refractivity contribution in [3.05, 3.63) is 53.1 Å². The van der Waals surface area contributed by atoms with E-state index in [-0.39, 0.29) is 20.0 Å². The molecule has 0 aromatic heterocycles. The van der Waals surface area contributed by atoms with Crippen molar-refractivity contribution in [3.8, 4) is 23.0 Å². The van der Waals surface area contributed by atoms with Gasteiger partial charge in [-0.2, -0.15) is 0 Å². The molecule has 0 amide bonds. The molecule has 2 aliphatic rings. The zero-order valence-electron chi connectivity index (χ0n) is 14.3. The van der Waals surface area contributed by atoms with Gasteiger partial charge in [0, 0.05) is 5.56 Å². The average Bonchev–Trinajstić information content (AvgIpc) is 3.14. The van der Waals surface area contributed by atoms with Gasteiger partial charge in [0.25, 0.3) is 0 Å². The van der Waals surface area contributed by atoms with Crippen molar-refractivity contribution in [3.63, 3.8) is 0 Å². The van der Waals surface area contributed by atoms with Gasteiger partial charge in [0.1, 0.15) is 13.2 Å². The Morgan fingerprint density at radius 3 is 2.88 bits per heavy atom. The van der Waals surface area contributed by atoms with E-state index in [0.717, 1.165) is 11.1 Å². The zero-order chi connectivity index (χ0) is 17.9. The van der Waals surface area contributed by atoms with Crippen LogP contribution in [0.1, 0.15) is 18.1 Å². The van der Waals surface area contributed by atoms with Gasteiger partial charge in [-0.1, -0.05) is 18.2 Å². The van der Waals surface area contributed by atoms with Gasteiger partial charge in [-0.05, 0) is 36.8 Å². The minimum Gasteiger partial charge on any atom is -0.490 e. The van der Waals surface area contributed by atoms with Gasteiger partial charge < -0.3 is 23.7 Å². The number of esters is 1. The van der Waals surface area contributed by atoms with E-state index < -0.39 is 5.97 Å². The first-order valence-corrected chi connectivity index (χ1v) is 8.39. The minimum absolute atomic E-state index is 0.150. The summed E-state index contributed by atoms with van der Waals surface area (Å²) in [5, 5.41) is 0. The molecule has 2 heterocycles. The second kappa shape index (κ2) is 7.00. The maximum absolute atomic E-state index is 12.4.